The lowest BCUT2D eigenvalue weighted by molar-refractivity contribution is 0.0417. The van der Waals surface area contributed by atoms with Gasteiger partial charge in [-0.2, -0.15) is 0 Å². The van der Waals surface area contributed by atoms with E-state index in [9.17, 15) is 13.2 Å². The molecule has 1 N–H and O–H groups in total. The van der Waals surface area contributed by atoms with Gasteiger partial charge >= 0.3 is 0 Å². The Morgan fingerprint density at radius 2 is 1.69 bits per heavy atom. The first-order valence-corrected chi connectivity index (χ1v) is 4.66. The lowest BCUT2D eigenvalue weighted by atomic mass is 10.1. The Kier molecular flexibility index (Phi) is 7.04. The number of aliphatic hydroxyl groups excluding tert-OH is 1. The second-order valence-electron chi connectivity index (χ2n) is 3.15. The van der Waals surface area contributed by atoms with Crippen molar-refractivity contribution in [3.63, 3.8) is 0 Å². The van der Waals surface area contributed by atoms with Crippen LogP contribution in [0, 0.1) is 0 Å². The second-order valence-corrected chi connectivity index (χ2v) is 3.15. The van der Waals surface area contributed by atoms with Gasteiger partial charge in [0, 0.05) is 0 Å². The van der Waals surface area contributed by atoms with Crippen LogP contribution < -0.4 is 0 Å². The van der Waals surface area contributed by atoms with Gasteiger partial charge in [-0.25, -0.2) is 13.2 Å². The maximum atomic E-state index is 12.8. The molecular weight excluding hydrogens is 181 g/mol. The fourth-order valence-electron chi connectivity index (χ4n) is 1.08. The van der Waals surface area contributed by atoms with E-state index in [4.69, 9.17) is 5.11 Å². The molecule has 0 aliphatic carbocycles. The van der Waals surface area contributed by atoms with Crippen molar-refractivity contribution in [3.05, 3.63) is 0 Å². The lowest BCUT2D eigenvalue weighted by Crippen LogP contribution is -2.30. The Hall–Kier alpha value is -0.250. The molecule has 4 heteroatoms. The largest absolute Gasteiger partial charge is 0.393 e. The van der Waals surface area contributed by atoms with Gasteiger partial charge in [0.2, 0.25) is 0 Å². The Labute approximate surface area is 76.9 Å². The van der Waals surface area contributed by atoms with Gasteiger partial charge in [0.05, 0.1) is 6.61 Å². The zero-order valence-electron chi connectivity index (χ0n) is 7.85. The SMILES string of the molecule is CCCCC[C@@H](F)[C@H](F)[C@@H](F)CO. The van der Waals surface area contributed by atoms with Crippen LogP contribution >= 0.6 is 0 Å². The molecule has 0 aliphatic rings. The molecule has 0 saturated heterocycles. The van der Waals surface area contributed by atoms with Crippen molar-refractivity contribution in [1.29, 1.82) is 0 Å². The highest BCUT2D eigenvalue weighted by atomic mass is 19.2. The van der Waals surface area contributed by atoms with Gasteiger partial charge in [0.25, 0.3) is 0 Å². The van der Waals surface area contributed by atoms with Gasteiger partial charge in [-0.3, -0.25) is 0 Å². The number of aliphatic hydroxyl groups is 1. The van der Waals surface area contributed by atoms with Crippen molar-refractivity contribution in [2.24, 2.45) is 0 Å². The molecule has 0 spiro atoms. The topological polar surface area (TPSA) is 20.2 Å². The Morgan fingerprint density at radius 3 is 2.15 bits per heavy atom. The van der Waals surface area contributed by atoms with E-state index in [-0.39, 0.29) is 6.42 Å². The molecule has 0 aromatic heterocycles. The number of hydrogen-bond donors (Lipinski definition) is 1. The quantitative estimate of drug-likeness (QED) is 0.623. The highest BCUT2D eigenvalue weighted by Gasteiger charge is 2.28. The van der Waals surface area contributed by atoms with Gasteiger partial charge in [-0.05, 0) is 6.42 Å². The van der Waals surface area contributed by atoms with Crippen LogP contribution in [0.1, 0.15) is 32.6 Å². The molecule has 0 bridgehead atoms. The first-order chi connectivity index (χ1) is 6.13. The summed E-state index contributed by atoms with van der Waals surface area (Å²) in [4.78, 5) is 0. The van der Waals surface area contributed by atoms with Crippen LogP contribution in [0.5, 0.6) is 0 Å². The van der Waals surface area contributed by atoms with Crippen molar-refractivity contribution >= 4 is 0 Å². The summed E-state index contributed by atoms with van der Waals surface area (Å²) >= 11 is 0. The zero-order valence-corrected chi connectivity index (χ0v) is 7.85. The van der Waals surface area contributed by atoms with Crippen LogP contribution in [-0.2, 0) is 0 Å². The third-order valence-corrected chi connectivity index (χ3v) is 1.95. The summed E-state index contributed by atoms with van der Waals surface area (Å²) in [6.07, 6.45) is -3.70. The third-order valence-electron chi connectivity index (χ3n) is 1.95. The molecule has 0 rings (SSSR count). The molecule has 0 aromatic rings. The number of rotatable bonds is 7. The number of hydrogen-bond acceptors (Lipinski definition) is 1. The van der Waals surface area contributed by atoms with E-state index < -0.39 is 25.1 Å². The van der Waals surface area contributed by atoms with Crippen molar-refractivity contribution in [3.8, 4) is 0 Å². The summed E-state index contributed by atoms with van der Waals surface area (Å²) in [7, 11) is 0. The molecule has 0 fully saturated rings. The number of alkyl halides is 3. The molecule has 3 atom stereocenters. The van der Waals surface area contributed by atoms with Gasteiger partial charge < -0.3 is 5.11 Å². The standard InChI is InChI=1S/C9H17F3O/c1-2-3-4-5-7(10)9(12)8(11)6-13/h7-9,13H,2-6H2,1H3/t7-,8+,9+/m1/s1. The van der Waals surface area contributed by atoms with E-state index in [0.29, 0.717) is 6.42 Å². The average Bonchev–Trinajstić information content (AvgIpc) is 2.15. The highest BCUT2D eigenvalue weighted by Crippen LogP contribution is 2.17. The number of unbranched alkanes of at least 4 members (excludes halogenated alkanes) is 2. The average molecular weight is 198 g/mol. The highest BCUT2D eigenvalue weighted by molar-refractivity contribution is 4.75. The summed E-state index contributed by atoms with van der Waals surface area (Å²) in [6, 6.07) is 0. The minimum Gasteiger partial charge on any atom is -0.393 e. The lowest BCUT2D eigenvalue weighted by Gasteiger charge is -2.15. The first-order valence-electron chi connectivity index (χ1n) is 4.66. The van der Waals surface area contributed by atoms with Crippen LogP contribution in [0.3, 0.4) is 0 Å². The van der Waals surface area contributed by atoms with Crippen LogP contribution in [0.4, 0.5) is 13.2 Å². The maximum Gasteiger partial charge on any atom is 0.164 e. The fraction of sp³-hybridized carbons (Fsp3) is 1.00. The van der Waals surface area contributed by atoms with Gasteiger partial charge in [0.15, 0.2) is 12.3 Å². The molecule has 1 nitrogen and oxygen atoms in total. The monoisotopic (exact) mass is 198 g/mol. The summed E-state index contributed by atoms with van der Waals surface area (Å²) in [6.45, 7) is 1.00. The van der Waals surface area contributed by atoms with Crippen molar-refractivity contribution in [1.82, 2.24) is 0 Å². The molecule has 80 valence electrons. The van der Waals surface area contributed by atoms with Gasteiger partial charge in [-0.15, -0.1) is 0 Å². The minimum atomic E-state index is -2.18. The van der Waals surface area contributed by atoms with Crippen LogP contribution in [0.2, 0.25) is 0 Å². The molecule has 13 heavy (non-hydrogen) atoms. The molecule has 0 saturated carbocycles. The van der Waals surface area contributed by atoms with Crippen LogP contribution in [0.15, 0.2) is 0 Å². The molecule has 0 amide bonds. The summed E-state index contributed by atoms with van der Waals surface area (Å²) in [5.74, 6) is 0. The molecule has 0 radical (unpaired) electrons. The second kappa shape index (κ2) is 7.18. The molecule has 0 aliphatic heterocycles. The van der Waals surface area contributed by atoms with E-state index in [1.165, 1.54) is 0 Å². The van der Waals surface area contributed by atoms with Crippen LogP contribution in [0.25, 0.3) is 0 Å². The van der Waals surface area contributed by atoms with Crippen LogP contribution in [-0.4, -0.2) is 30.2 Å². The van der Waals surface area contributed by atoms with Gasteiger partial charge in [-0.1, -0.05) is 26.2 Å². The smallest absolute Gasteiger partial charge is 0.164 e. The Bertz CT molecular complexity index is 121. The fourth-order valence-corrected chi connectivity index (χ4v) is 1.08. The predicted molar refractivity (Wildman–Crippen MR) is 45.9 cm³/mol. The van der Waals surface area contributed by atoms with E-state index >= 15 is 0 Å². The van der Waals surface area contributed by atoms with E-state index in [2.05, 4.69) is 0 Å². The predicted octanol–water partition coefficient (Wildman–Crippen LogP) is 2.57. The van der Waals surface area contributed by atoms with Gasteiger partial charge in [0.1, 0.15) is 6.17 Å². The molecular formula is C9H17F3O. The Morgan fingerprint density at radius 1 is 1.08 bits per heavy atom. The van der Waals surface area contributed by atoms with Crippen molar-refractivity contribution in [2.45, 2.75) is 51.1 Å². The first kappa shape index (κ1) is 12.8. The summed E-state index contributed by atoms with van der Waals surface area (Å²) < 4.78 is 38.0. The zero-order chi connectivity index (χ0) is 10.3. The van der Waals surface area contributed by atoms with E-state index in [0.717, 1.165) is 12.8 Å². The normalized spacial score (nSPS) is 18.2. The maximum absolute atomic E-state index is 12.8. The van der Waals surface area contributed by atoms with Crippen molar-refractivity contribution in [2.75, 3.05) is 6.61 Å². The third kappa shape index (κ3) is 5.13. The Balaban J connectivity index is 3.62. The van der Waals surface area contributed by atoms with E-state index in [1.807, 2.05) is 6.92 Å². The summed E-state index contributed by atoms with van der Waals surface area (Å²) in [5.41, 5.74) is 0. The van der Waals surface area contributed by atoms with Crippen molar-refractivity contribution < 1.29 is 18.3 Å². The molecule has 0 aromatic carbocycles. The summed E-state index contributed by atoms with van der Waals surface area (Å²) in [5, 5.41) is 8.24. The van der Waals surface area contributed by atoms with E-state index in [1.54, 1.807) is 0 Å². The number of halogens is 3. The molecule has 0 heterocycles. The molecule has 0 unspecified atom stereocenters. The minimum absolute atomic E-state index is 0.0371.